The molecule has 4 saturated heterocycles. The second-order valence-electron chi connectivity index (χ2n) is 25.3. The van der Waals surface area contributed by atoms with E-state index in [0.717, 1.165) is 79.8 Å². The first-order chi connectivity index (χ1) is 32.2. The number of likely N-dealkylation sites (tertiary alicyclic amines) is 1. The van der Waals surface area contributed by atoms with E-state index in [2.05, 4.69) is 108 Å². The molecule has 6 fully saturated rings. The summed E-state index contributed by atoms with van der Waals surface area (Å²) in [5, 5.41) is 24.8. The van der Waals surface area contributed by atoms with E-state index in [1.165, 1.54) is 64.3 Å². The van der Waals surface area contributed by atoms with Gasteiger partial charge in [0.25, 0.3) is 0 Å². The maximum Gasteiger partial charge on any atom is 0.219 e. The van der Waals surface area contributed by atoms with Gasteiger partial charge in [-0.1, -0.05) is 150 Å². The number of sulfone groups is 1. The van der Waals surface area contributed by atoms with Gasteiger partial charge in [-0.3, -0.25) is 4.79 Å². The Kier molecular flexibility index (Phi) is 36.9. The number of carbonyl (C=O) groups excluding carboxylic acids is 3. The lowest BCUT2D eigenvalue weighted by Gasteiger charge is -2.42. The van der Waals surface area contributed by atoms with Crippen LogP contribution in [0.3, 0.4) is 0 Å². The van der Waals surface area contributed by atoms with Crippen LogP contribution in [0.4, 0.5) is 0 Å². The number of Topliss-reactive ketones (excluding diaryl/α,β-unsaturated/α-hetero) is 2. The third kappa shape index (κ3) is 30.7. The van der Waals surface area contributed by atoms with Gasteiger partial charge in [-0.15, -0.1) is 0 Å². The van der Waals surface area contributed by atoms with E-state index in [4.69, 9.17) is 0 Å². The maximum absolute atomic E-state index is 11.3. The van der Waals surface area contributed by atoms with Crippen LogP contribution in [0, 0.1) is 64.6 Å². The number of rotatable bonds is 11. The fourth-order valence-electron chi connectivity index (χ4n) is 9.90. The monoisotopic (exact) mass is 1010 g/mol. The number of ketones is 2. The minimum Gasteiger partial charge on any atom is -0.392 e. The molecule has 4 N–H and O–H groups in total. The van der Waals surface area contributed by atoms with Crippen molar-refractivity contribution >= 4 is 27.3 Å². The van der Waals surface area contributed by atoms with Crippen LogP contribution in [-0.2, 0) is 24.2 Å². The van der Waals surface area contributed by atoms with Crippen molar-refractivity contribution in [2.75, 3.05) is 25.4 Å². The molecule has 6 aliphatic rings. The van der Waals surface area contributed by atoms with Crippen molar-refractivity contribution in [2.45, 2.75) is 271 Å². The molecular formula is C59H119N3O7S. The molecule has 1 amide bonds. The van der Waals surface area contributed by atoms with Crippen LogP contribution in [0.15, 0.2) is 0 Å². The molecular weight excluding hydrogens is 895 g/mol. The van der Waals surface area contributed by atoms with Gasteiger partial charge < -0.3 is 35.3 Å². The van der Waals surface area contributed by atoms with Crippen LogP contribution >= 0.6 is 0 Å². The quantitative estimate of drug-likeness (QED) is 0.158. The lowest BCUT2D eigenvalue weighted by Crippen LogP contribution is -2.36. The summed E-state index contributed by atoms with van der Waals surface area (Å²) in [5.74, 6) is 8.02. The van der Waals surface area contributed by atoms with Crippen LogP contribution < -0.4 is 10.6 Å². The van der Waals surface area contributed by atoms with Gasteiger partial charge in [-0.05, 0) is 143 Å². The first-order valence-corrected chi connectivity index (χ1v) is 30.2. The molecule has 418 valence electrons. The smallest absolute Gasteiger partial charge is 0.219 e. The van der Waals surface area contributed by atoms with Gasteiger partial charge in [0.05, 0.1) is 23.2 Å². The topological polar surface area (TPSA) is 153 Å². The molecule has 2 saturated carbocycles. The summed E-state index contributed by atoms with van der Waals surface area (Å²) in [6.45, 7) is 47.3. The van der Waals surface area contributed by atoms with Gasteiger partial charge in [-0.2, -0.15) is 0 Å². The van der Waals surface area contributed by atoms with E-state index in [-0.39, 0.29) is 29.5 Å². The summed E-state index contributed by atoms with van der Waals surface area (Å²) in [6, 6.07) is 1.64. The van der Waals surface area contributed by atoms with E-state index >= 15 is 0 Å². The summed E-state index contributed by atoms with van der Waals surface area (Å²) < 4.78 is 22.5. The Morgan fingerprint density at radius 2 is 1.23 bits per heavy atom. The Hall–Kier alpha value is -1.40. The molecule has 7 unspecified atom stereocenters. The SMILES string of the molecule is CC(=O)CC(C)C.CC(=O)CCC(C)C.CC(=O)N1CCCC1C(C)C.CC(C)C1(C)CCC1.CC(C)C1C(O)CCS1(=O)=O.CC(C)C1CCC1.CC(C)C1NCCC1O.CC1CNC(C(C)C)C1. The second kappa shape index (κ2) is 36.5. The van der Waals surface area contributed by atoms with Crippen molar-refractivity contribution in [3.63, 3.8) is 0 Å². The van der Waals surface area contributed by atoms with E-state index < -0.39 is 21.2 Å². The van der Waals surface area contributed by atoms with E-state index in [0.29, 0.717) is 48.0 Å². The van der Waals surface area contributed by atoms with Crippen LogP contribution in [0.25, 0.3) is 0 Å². The van der Waals surface area contributed by atoms with Crippen LogP contribution in [0.2, 0.25) is 0 Å². The standard InChI is InChI=1S/C9H17NO.C8H17N.C8H16.C7H15NO.C7H14O3S.C7H14O.C7H14.C6H12O/c1-7(2)9-5-4-6-10(9)8(3)11;1-6(2)8-4-7(3)5-9-8;1-7(2)8(3)5-4-6-8;1-5(2)7-6(9)3-4-8-7;1-5(2)7-6(8)3-4-11(7,9)10;1-6(2)4-5-7(3)8;1-6(2)7-4-3-5-7;1-5(2)4-6(3)7/h7,9H,4-6H2,1-3H3;6-9H,4-5H2,1-3H3;7H,4-6H2,1-3H3;5-9H,3-4H2,1-2H3;5-8H,3-4H2,1-2H3;6H,4-5H2,1-3H3;6-7H,3-5H2,1-2H3;5H,4H2,1-3H3. The number of carbonyl (C=O) groups is 3. The number of nitrogens with one attached hydrogen (secondary N) is 2. The average molecular weight is 1010 g/mol. The number of nitrogens with zero attached hydrogens (tertiary/aromatic N) is 1. The van der Waals surface area contributed by atoms with Gasteiger partial charge in [-0.25, -0.2) is 8.42 Å². The zero-order valence-corrected chi connectivity index (χ0v) is 50.6. The van der Waals surface area contributed by atoms with Gasteiger partial charge >= 0.3 is 0 Å². The molecule has 0 spiro atoms. The van der Waals surface area contributed by atoms with E-state index in [9.17, 15) is 33.0 Å². The molecule has 0 aromatic carbocycles. The zero-order valence-electron chi connectivity index (χ0n) is 49.8. The van der Waals surface area contributed by atoms with Crippen molar-refractivity contribution < 1.29 is 33.0 Å². The van der Waals surface area contributed by atoms with Crippen LogP contribution in [0.5, 0.6) is 0 Å². The molecule has 7 atom stereocenters. The Labute approximate surface area is 434 Å². The Balaban J connectivity index is 0. The summed E-state index contributed by atoms with van der Waals surface area (Å²) in [7, 11) is -2.99. The van der Waals surface area contributed by atoms with Gasteiger partial charge in [0.2, 0.25) is 5.91 Å². The third-order valence-corrected chi connectivity index (χ3v) is 18.0. The van der Waals surface area contributed by atoms with Crippen molar-refractivity contribution in [2.24, 2.45) is 64.6 Å². The molecule has 2 aliphatic carbocycles. The zero-order chi connectivity index (χ0) is 54.7. The Morgan fingerprint density at radius 1 is 0.657 bits per heavy atom. The maximum atomic E-state index is 11.3. The molecule has 11 heteroatoms. The van der Waals surface area contributed by atoms with E-state index in [1.807, 2.05) is 32.6 Å². The lowest BCUT2D eigenvalue weighted by molar-refractivity contribution is -0.130. The van der Waals surface area contributed by atoms with Gasteiger partial charge in [0.15, 0.2) is 9.84 Å². The van der Waals surface area contributed by atoms with Crippen molar-refractivity contribution in [3.8, 4) is 0 Å². The first kappa shape index (κ1) is 70.7. The molecule has 70 heavy (non-hydrogen) atoms. The molecule has 10 nitrogen and oxygen atoms in total. The van der Waals surface area contributed by atoms with Crippen molar-refractivity contribution in [1.29, 1.82) is 0 Å². The summed E-state index contributed by atoms with van der Waals surface area (Å²) >= 11 is 0. The summed E-state index contributed by atoms with van der Waals surface area (Å²) in [6.07, 6.45) is 15.7. The molecule has 4 heterocycles. The lowest BCUT2D eigenvalue weighted by atomic mass is 9.64. The highest BCUT2D eigenvalue weighted by molar-refractivity contribution is 7.92. The minimum absolute atomic E-state index is 0.0255. The molecule has 6 rings (SSSR count). The molecule has 0 aromatic rings. The number of aliphatic hydroxyl groups excluding tert-OH is 2. The number of amides is 1. The fourth-order valence-corrected chi connectivity index (χ4v) is 12.2. The van der Waals surface area contributed by atoms with Crippen LogP contribution in [0.1, 0.15) is 235 Å². The molecule has 0 bridgehead atoms. The minimum atomic E-state index is -2.99. The van der Waals surface area contributed by atoms with Crippen LogP contribution in [-0.4, -0.2) is 102 Å². The number of hydrogen-bond donors (Lipinski definition) is 4. The largest absolute Gasteiger partial charge is 0.392 e. The third-order valence-electron chi connectivity index (χ3n) is 15.5. The highest BCUT2D eigenvalue weighted by Crippen LogP contribution is 2.46. The summed E-state index contributed by atoms with van der Waals surface area (Å²) in [5.41, 5.74) is 0.722. The Bertz CT molecular complexity index is 1490. The molecule has 0 radical (unpaired) electrons. The number of hydrogen-bond acceptors (Lipinski definition) is 9. The molecule has 0 aromatic heterocycles. The second-order valence-corrected chi connectivity index (χ2v) is 27.6. The molecule has 4 aliphatic heterocycles. The predicted octanol–water partition coefficient (Wildman–Crippen LogP) is 12.8. The number of aliphatic hydroxyl groups is 2. The summed E-state index contributed by atoms with van der Waals surface area (Å²) in [4.78, 5) is 33.7. The highest BCUT2D eigenvalue weighted by Gasteiger charge is 2.41. The fraction of sp³-hybridized carbons (Fsp3) is 0.949. The van der Waals surface area contributed by atoms with Gasteiger partial charge in [0, 0.05) is 44.4 Å². The predicted molar refractivity (Wildman–Crippen MR) is 300 cm³/mol. The highest BCUT2D eigenvalue weighted by atomic mass is 32.2. The first-order valence-electron chi connectivity index (χ1n) is 28.5. The van der Waals surface area contributed by atoms with Gasteiger partial charge in [0.1, 0.15) is 11.6 Å². The van der Waals surface area contributed by atoms with Crippen molar-refractivity contribution in [1.82, 2.24) is 15.5 Å². The van der Waals surface area contributed by atoms with E-state index in [1.54, 1.807) is 20.8 Å². The normalized spacial score (nSPS) is 26.2. The Morgan fingerprint density at radius 3 is 1.39 bits per heavy atom. The average Bonchev–Trinajstić information content (AvgIpc) is 4.01. The van der Waals surface area contributed by atoms with Crippen molar-refractivity contribution in [3.05, 3.63) is 0 Å².